The Morgan fingerprint density at radius 3 is 2.40 bits per heavy atom. The van der Waals surface area contributed by atoms with Crippen molar-refractivity contribution in [3.63, 3.8) is 0 Å². The van der Waals surface area contributed by atoms with Crippen LogP contribution in [-0.2, 0) is 4.74 Å². The summed E-state index contributed by atoms with van der Waals surface area (Å²) in [6.07, 6.45) is -5.78. The van der Waals surface area contributed by atoms with Crippen LogP contribution in [0.5, 0.6) is 0 Å². The maximum absolute atomic E-state index is 11.7. The van der Waals surface area contributed by atoms with E-state index in [0.717, 1.165) is 0 Å². The third-order valence-corrected chi connectivity index (χ3v) is 1.59. The van der Waals surface area contributed by atoms with Crippen LogP contribution in [0.4, 0.5) is 13.2 Å². The number of hydrogen-bond donors (Lipinski definition) is 2. The van der Waals surface area contributed by atoms with Gasteiger partial charge in [-0.3, -0.25) is 0 Å². The molecule has 1 atom stereocenters. The maximum Gasteiger partial charge on any atom is 0.390 e. The van der Waals surface area contributed by atoms with Crippen LogP contribution < -0.4 is 5.32 Å². The minimum Gasteiger partial charge on any atom is -0.389 e. The molecule has 0 fully saturated rings. The molecule has 0 aliphatic rings. The van der Waals surface area contributed by atoms with E-state index in [1.165, 1.54) is 0 Å². The van der Waals surface area contributed by atoms with Crippen molar-refractivity contribution >= 4 is 0 Å². The van der Waals surface area contributed by atoms with Crippen molar-refractivity contribution in [2.45, 2.75) is 38.7 Å². The first-order valence-corrected chi connectivity index (χ1v) is 4.88. The number of ether oxygens (including phenoxy) is 1. The molecule has 0 spiro atoms. The van der Waals surface area contributed by atoms with E-state index in [1.54, 1.807) is 0 Å². The van der Waals surface area contributed by atoms with E-state index in [9.17, 15) is 18.3 Å². The summed E-state index contributed by atoms with van der Waals surface area (Å²) in [7, 11) is 0. The molecule has 15 heavy (non-hydrogen) atoms. The standard InChI is InChI=1S/C9H18F3NO2/c1-7(2)15-6-8(14)5-13-4-3-9(10,11)12/h7-8,13-14H,3-6H2,1-2H3. The third-order valence-electron chi connectivity index (χ3n) is 1.59. The quantitative estimate of drug-likeness (QED) is 0.647. The van der Waals surface area contributed by atoms with E-state index in [-0.39, 0.29) is 25.8 Å². The molecule has 0 saturated carbocycles. The lowest BCUT2D eigenvalue weighted by Crippen LogP contribution is -2.33. The van der Waals surface area contributed by atoms with E-state index < -0.39 is 18.7 Å². The van der Waals surface area contributed by atoms with Crippen molar-refractivity contribution in [1.82, 2.24) is 5.32 Å². The molecule has 0 aromatic rings. The van der Waals surface area contributed by atoms with Gasteiger partial charge in [0, 0.05) is 13.1 Å². The highest BCUT2D eigenvalue weighted by Crippen LogP contribution is 2.17. The van der Waals surface area contributed by atoms with Gasteiger partial charge < -0.3 is 15.2 Å². The number of aliphatic hydroxyl groups is 1. The number of aliphatic hydroxyl groups excluding tert-OH is 1. The van der Waals surface area contributed by atoms with Crippen LogP contribution >= 0.6 is 0 Å². The lowest BCUT2D eigenvalue weighted by Gasteiger charge is -2.14. The molecule has 0 aliphatic carbocycles. The fourth-order valence-electron chi connectivity index (χ4n) is 0.861. The number of nitrogens with one attached hydrogen (secondary N) is 1. The van der Waals surface area contributed by atoms with Crippen molar-refractivity contribution in [2.24, 2.45) is 0 Å². The highest BCUT2D eigenvalue weighted by atomic mass is 19.4. The minimum atomic E-state index is -4.15. The first-order chi connectivity index (χ1) is 6.81. The number of rotatable bonds is 7. The summed E-state index contributed by atoms with van der Waals surface area (Å²) < 4.78 is 40.2. The second-order valence-electron chi connectivity index (χ2n) is 3.61. The van der Waals surface area contributed by atoms with E-state index in [1.807, 2.05) is 13.8 Å². The zero-order chi connectivity index (χ0) is 11.9. The summed E-state index contributed by atoms with van der Waals surface area (Å²) in [5.41, 5.74) is 0. The molecule has 1 unspecified atom stereocenters. The van der Waals surface area contributed by atoms with Crippen LogP contribution in [0.15, 0.2) is 0 Å². The van der Waals surface area contributed by atoms with Gasteiger partial charge in [-0.15, -0.1) is 0 Å². The van der Waals surface area contributed by atoms with Gasteiger partial charge in [-0.05, 0) is 13.8 Å². The van der Waals surface area contributed by atoms with Gasteiger partial charge in [0.15, 0.2) is 0 Å². The normalized spacial score (nSPS) is 14.6. The van der Waals surface area contributed by atoms with Gasteiger partial charge >= 0.3 is 6.18 Å². The second kappa shape index (κ2) is 7.03. The molecule has 0 saturated heterocycles. The Morgan fingerprint density at radius 1 is 1.33 bits per heavy atom. The third kappa shape index (κ3) is 11.6. The van der Waals surface area contributed by atoms with Crippen LogP contribution in [0, 0.1) is 0 Å². The largest absolute Gasteiger partial charge is 0.390 e. The molecule has 0 rings (SSSR count). The summed E-state index contributed by atoms with van der Waals surface area (Å²) in [6, 6.07) is 0. The Hall–Kier alpha value is -0.330. The molecule has 3 nitrogen and oxygen atoms in total. The molecule has 0 aliphatic heterocycles. The summed E-state index contributed by atoms with van der Waals surface area (Å²) in [5.74, 6) is 0. The summed E-state index contributed by atoms with van der Waals surface area (Å²) in [6.45, 7) is 3.72. The Morgan fingerprint density at radius 2 is 1.93 bits per heavy atom. The van der Waals surface area contributed by atoms with E-state index >= 15 is 0 Å². The smallest absolute Gasteiger partial charge is 0.389 e. The molecular weight excluding hydrogens is 211 g/mol. The lowest BCUT2D eigenvalue weighted by atomic mass is 10.3. The molecule has 0 aromatic carbocycles. The molecule has 92 valence electrons. The minimum absolute atomic E-state index is 0.00910. The van der Waals surface area contributed by atoms with E-state index in [0.29, 0.717) is 0 Å². The Balaban J connectivity index is 3.35. The van der Waals surface area contributed by atoms with Crippen molar-refractivity contribution in [1.29, 1.82) is 0 Å². The molecule has 0 bridgehead atoms. The van der Waals surface area contributed by atoms with Crippen LogP contribution in [0.25, 0.3) is 0 Å². The molecule has 0 aromatic heterocycles. The maximum atomic E-state index is 11.7. The van der Waals surface area contributed by atoms with Gasteiger partial charge in [0.1, 0.15) is 0 Å². The second-order valence-corrected chi connectivity index (χ2v) is 3.61. The van der Waals surface area contributed by atoms with Crippen LogP contribution in [-0.4, -0.2) is 43.2 Å². The zero-order valence-electron chi connectivity index (χ0n) is 8.97. The molecule has 0 heterocycles. The molecule has 0 radical (unpaired) electrons. The molecule has 2 N–H and O–H groups in total. The van der Waals surface area contributed by atoms with E-state index in [2.05, 4.69) is 5.32 Å². The first-order valence-electron chi connectivity index (χ1n) is 4.88. The fraction of sp³-hybridized carbons (Fsp3) is 1.00. The Bertz CT molecular complexity index is 162. The predicted octanol–water partition coefficient (Wildman–Crippen LogP) is 1.31. The highest BCUT2D eigenvalue weighted by molar-refractivity contribution is 4.61. The zero-order valence-corrected chi connectivity index (χ0v) is 8.97. The lowest BCUT2D eigenvalue weighted by molar-refractivity contribution is -0.133. The average Bonchev–Trinajstić information content (AvgIpc) is 2.07. The van der Waals surface area contributed by atoms with Crippen LogP contribution in [0.3, 0.4) is 0 Å². The van der Waals surface area contributed by atoms with Crippen LogP contribution in [0.1, 0.15) is 20.3 Å². The number of alkyl halides is 3. The average molecular weight is 229 g/mol. The highest BCUT2D eigenvalue weighted by Gasteiger charge is 2.25. The molecular formula is C9H18F3NO2. The van der Waals surface area contributed by atoms with Crippen molar-refractivity contribution in [3.05, 3.63) is 0 Å². The Labute approximate surface area is 87.6 Å². The SMILES string of the molecule is CC(C)OCC(O)CNCCC(F)(F)F. The van der Waals surface area contributed by atoms with Gasteiger partial charge in [-0.25, -0.2) is 0 Å². The van der Waals surface area contributed by atoms with Crippen molar-refractivity contribution in [2.75, 3.05) is 19.7 Å². The fourth-order valence-corrected chi connectivity index (χ4v) is 0.861. The first kappa shape index (κ1) is 14.7. The van der Waals surface area contributed by atoms with Crippen molar-refractivity contribution < 1.29 is 23.0 Å². The van der Waals surface area contributed by atoms with Crippen LogP contribution in [0.2, 0.25) is 0 Å². The number of halogens is 3. The predicted molar refractivity (Wildman–Crippen MR) is 50.6 cm³/mol. The summed E-state index contributed by atoms with van der Waals surface area (Å²) in [4.78, 5) is 0. The van der Waals surface area contributed by atoms with Crippen molar-refractivity contribution in [3.8, 4) is 0 Å². The number of hydrogen-bond acceptors (Lipinski definition) is 3. The van der Waals surface area contributed by atoms with E-state index in [4.69, 9.17) is 4.74 Å². The monoisotopic (exact) mass is 229 g/mol. The summed E-state index contributed by atoms with van der Waals surface area (Å²) in [5, 5.41) is 11.8. The topological polar surface area (TPSA) is 41.5 Å². The summed E-state index contributed by atoms with van der Waals surface area (Å²) >= 11 is 0. The van der Waals surface area contributed by atoms with Gasteiger partial charge in [0.25, 0.3) is 0 Å². The van der Waals surface area contributed by atoms with Gasteiger partial charge in [-0.1, -0.05) is 0 Å². The Kier molecular flexibility index (Phi) is 6.87. The van der Waals surface area contributed by atoms with Gasteiger partial charge in [-0.2, -0.15) is 13.2 Å². The van der Waals surface area contributed by atoms with Gasteiger partial charge in [0.2, 0.25) is 0 Å². The van der Waals surface area contributed by atoms with Gasteiger partial charge in [0.05, 0.1) is 25.2 Å². The molecule has 6 heteroatoms. The molecule has 0 amide bonds.